The molecule has 6 N–H and O–H groups in total. The normalized spacial score (nSPS) is 11.5. The summed E-state index contributed by atoms with van der Waals surface area (Å²) in [4.78, 5) is 11.5. The van der Waals surface area contributed by atoms with Gasteiger partial charge in [-0.1, -0.05) is 0 Å². The van der Waals surface area contributed by atoms with Crippen molar-refractivity contribution in [3.63, 3.8) is 0 Å². The van der Waals surface area contributed by atoms with Crippen LogP contribution in [0, 0.1) is 0 Å². The number of methoxy groups -OCH3 is 1. The lowest BCUT2D eigenvalue weighted by atomic mass is 10.7. The third kappa shape index (κ3) is 8.88. The zero-order valence-corrected chi connectivity index (χ0v) is 13.3. The van der Waals surface area contributed by atoms with Crippen LogP contribution in [0.3, 0.4) is 0 Å². The Morgan fingerprint density at radius 1 is 1.36 bits per heavy atom. The number of nitrogens with one attached hydrogen (secondary N) is 3. The smallest absolute Gasteiger partial charge is 0.266 e. The van der Waals surface area contributed by atoms with Gasteiger partial charge >= 0.3 is 0 Å². The van der Waals surface area contributed by atoms with E-state index >= 15 is 0 Å². The first-order valence-corrected chi connectivity index (χ1v) is 8.22. The maximum absolute atomic E-state index is 10.6. The number of aromatic nitrogens is 3. The van der Waals surface area contributed by atoms with Crippen LogP contribution in [0.4, 0.5) is 11.9 Å². The van der Waals surface area contributed by atoms with E-state index in [0.29, 0.717) is 13.4 Å². The van der Waals surface area contributed by atoms with Crippen molar-refractivity contribution in [3.8, 4) is 0 Å². The molecule has 0 saturated heterocycles. The lowest BCUT2D eigenvalue weighted by Gasteiger charge is -2.07. The number of anilines is 2. The molecule has 1 heterocycles. The predicted molar refractivity (Wildman–Crippen MR) is 79.1 cm³/mol. The van der Waals surface area contributed by atoms with E-state index in [2.05, 4.69) is 31.1 Å². The van der Waals surface area contributed by atoms with Gasteiger partial charge in [0.15, 0.2) is 0 Å². The molecule has 0 fully saturated rings. The minimum atomic E-state index is -4.06. The van der Waals surface area contributed by atoms with E-state index < -0.39 is 15.9 Å². The Labute approximate surface area is 131 Å². The number of hydrogen-bond donors (Lipinski definition) is 5. The Hall–Kier alpha value is -1.29. The van der Waals surface area contributed by atoms with Crippen molar-refractivity contribution in [1.29, 1.82) is 0 Å². The average Bonchev–Trinajstić information content (AvgIpc) is 2.41. The van der Waals surface area contributed by atoms with Crippen molar-refractivity contribution in [2.75, 3.05) is 43.9 Å². The first-order valence-electron chi connectivity index (χ1n) is 5.87. The number of hydrogen-bond acceptors (Lipinski definition) is 12. The molecule has 0 atom stereocenters. The van der Waals surface area contributed by atoms with Crippen molar-refractivity contribution in [2.24, 2.45) is 0 Å². The highest BCUT2D eigenvalue weighted by atomic mass is 32.2. The molecule has 0 spiro atoms. The fraction of sp³-hybridized carbons (Fsp3) is 0.625. The Morgan fingerprint density at radius 3 is 2.82 bits per heavy atom. The summed E-state index contributed by atoms with van der Waals surface area (Å²) in [6.45, 7) is 0.620. The van der Waals surface area contributed by atoms with Gasteiger partial charge in [0.05, 0.1) is 31.2 Å². The summed E-state index contributed by atoms with van der Waals surface area (Å²) in [5, 5.41) is 5.61. The standard InChI is InChI=1S/C8H17N7O5S2/c1-19-5-10-4-12-20-21-8-14-6(9)13-7(15-8)11-2-3-22(16,17)18/h10,12H,2-5H2,1H3,(H,16,17,18)(H3,9,11,13,14,15). The molecule has 0 unspecified atom stereocenters. The number of nitrogen functional groups attached to an aromatic ring is 1. The first-order chi connectivity index (χ1) is 10.4. The van der Waals surface area contributed by atoms with Crippen LogP contribution in [-0.4, -0.2) is 60.7 Å². The van der Waals surface area contributed by atoms with Crippen LogP contribution in [0.1, 0.15) is 0 Å². The van der Waals surface area contributed by atoms with Crippen molar-refractivity contribution in [1.82, 2.24) is 25.7 Å². The second kappa shape index (κ2) is 9.67. The van der Waals surface area contributed by atoms with Crippen molar-refractivity contribution >= 4 is 34.1 Å². The summed E-state index contributed by atoms with van der Waals surface area (Å²) in [6.07, 6.45) is 0. The molecular weight excluding hydrogens is 338 g/mol. The molecule has 1 aromatic heterocycles. The second-order valence-electron chi connectivity index (χ2n) is 3.68. The molecule has 1 aromatic rings. The molecule has 0 aliphatic heterocycles. The molecule has 12 nitrogen and oxygen atoms in total. The lowest BCUT2D eigenvalue weighted by molar-refractivity contribution is 0.148. The van der Waals surface area contributed by atoms with Gasteiger partial charge in [0.1, 0.15) is 0 Å². The fourth-order valence-electron chi connectivity index (χ4n) is 1.08. The highest BCUT2D eigenvalue weighted by Crippen LogP contribution is 2.14. The third-order valence-corrected chi connectivity index (χ3v) is 3.15. The Morgan fingerprint density at radius 2 is 2.14 bits per heavy atom. The molecule has 0 saturated carbocycles. The SMILES string of the molecule is COCNCNOSc1nc(N)nc(NCCS(=O)(=O)O)n1. The van der Waals surface area contributed by atoms with E-state index in [4.69, 9.17) is 19.3 Å². The van der Waals surface area contributed by atoms with Gasteiger partial charge in [-0.3, -0.25) is 9.87 Å². The number of nitrogens with two attached hydrogens (primary N) is 1. The molecule has 0 amide bonds. The largest absolute Gasteiger partial charge is 0.370 e. The Balaban J connectivity index is 2.41. The van der Waals surface area contributed by atoms with E-state index in [1.54, 1.807) is 7.11 Å². The second-order valence-corrected chi connectivity index (χ2v) is 5.95. The Bertz CT molecular complexity index is 558. The number of ether oxygens (including phenoxy) is 1. The topological polar surface area (TPSA) is 174 Å². The third-order valence-electron chi connectivity index (χ3n) is 1.89. The summed E-state index contributed by atoms with van der Waals surface area (Å²) >= 11 is 0.804. The lowest BCUT2D eigenvalue weighted by Crippen LogP contribution is -2.28. The van der Waals surface area contributed by atoms with Gasteiger partial charge in [-0.25, -0.2) is 4.28 Å². The quantitative estimate of drug-likeness (QED) is 0.101. The van der Waals surface area contributed by atoms with E-state index in [-0.39, 0.29) is 23.6 Å². The molecule has 0 radical (unpaired) electrons. The molecular formula is C8H17N7O5S2. The van der Waals surface area contributed by atoms with Gasteiger partial charge in [0.25, 0.3) is 10.1 Å². The number of rotatable bonds is 11. The molecule has 14 heteroatoms. The van der Waals surface area contributed by atoms with Crippen LogP contribution in [0.2, 0.25) is 0 Å². The van der Waals surface area contributed by atoms with Crippen LogP contribution in [0.25, 0.3) is 0 Å². The molecule has 0 bridgehead atoms. The van der Waals surface area contributed by atoms with Crippen LogP contribution >= 0.6 is 12.0 Å². The van der Waals surface area contributed by atoms with E-state index in [1.807, 2.05) is 0 Å². The average molecular weight is 355 g/mol. The molecule has 0 aliphatic carbocycles. The van der Waals surface area contributed by atoms with Crippen molar-refractivity contribution in [2.45, 2.75) is 5.16 Å². The van der Waals surface area contributed by atoms with Crippen molar-refractivity contribution < 1.29 is 22.0 Å². The summed E-state index contributed by atoms with van der Waals surface area (Å²) in [5.41, 5.74) is 8.07. The summed E-state index contributed by atoms with van der Waals surface area (Å²) in [5.74, 6) is -0.475. The predicted octanol–water partition coefficient (Wildman–Crippen LogP) is -1.57. The molecule has 0 aromatic carbocycles. The summed E-state index contributed by atoms with van der Waals surface area (Å²) in [6, 6.07) is 0. The fourth-order valence-corrected chi connectivity index (χ4v) is 1.89. The maximum atomic E-state index is 10.6. The molecule has 1 rings (SSSR count). The van der Waals surface area contributed by atoms with E-state index in [9.17, 15) is 8.42 Å². The molecule has 126 valence electrons. The minimum absolute atomic E-state index is 0.0621. The maximum Gasteiger partial charge on any atom is 0.266 e. The van der Waals surface area contributed by atoms with Crippen LogP contribution in [0.15, 0.2) is 5.16 Å². The monoisotopic (exact) mass is 355 g/mol. The zero-order valence-electron chi connectivity index (χ0n) is 11.6. The van der Waals surface area contributed by atoms with Gasteiger partial charge in [0.2, 0.25) is 17.1 Å². The Kier molecular flexibility index (Phi) is 8.25. The van der Waals surface area contributed by atoms with Gasteiger partial charge in [-0.2, -0.15) is 28.8 Å². The molecule has 0 aliphatic rings. The highest BCUT2D eigenvalue weighted by molar-refractivity contribution is 7.94. The molecule has 22 heavy (non-hydrogen) atoms. The summed E-state index contributed by atoms with van der Waals surface area (Å²) in [7, 11) is -2.51. The zero-order chi connectivity index (χ0) is 16.4. The van der Waals surface area contributed by atoms with Gasteiger partial charge < -0.3 is 15.8 Å². The highest BCUT2D eigenvalue weighted by Gasteiger charge is 2.08. The first kappa shape index (κ1) is 18.8. The van der Waals surface area contributed by atoms with E-state index in [1.165, 1.54) is 0 Å². The van der Waals surface area contributed by atoms with Crippen LogP contribution in [0.5, 0.6) is 0 Å². The minimum Gasteiger partial charge on any atom is -0.370 e. The van der Waals surface area contributed by atoms with Gasteiger partial charge in [-0.15, -0.1) is 0 Å². The van der Waals surface area contributed by atoms with Gasteiger partial charge in [0, 0.05) is 13.7 Å². The number of nitrogens with zero attached hydrogens (tertiary/aromatic N) is 3. The summed E-state index contributed by atoms with van der Waals surface area (Å²) < 4.78 is 39.6. The van der Waals surface area contributed by atoms with Crippen LogP contribution < -0.4 is 21.8 Å². The number of hydroxylamine groups is 1. The van der Waals surface area contributed by atoms with Gasteiger partial charge in [-0.05, 0) is 0 Å². The van der Waals surface area contributed by atoms with Crippen LogP contribution in [-0.2, 0) is 19.1 Å². The van der Waals surface area contributed by atoms with Crippen molar-refractivity contribution in [3.05, 3.63) is 0 Å². The van der Waals surface area contributed by atoms with E-state index in [0.717, 1.165) is 12.0 Å².